The van der Waals surface area contributed by atoms with Gasteiger partial charge in [0, 0.05) is 29.6 Å². The van der Waals surface area contributed by atoms with Crippen LogP contribution in [0.3, 0.4) is 0 Å². The molecule has 1 atom stereocenters. The van der Waals surface area contributed by atoms with E-state index >= 15 is 0 Å². The van der Waals surface area contributed by atoms with Gasteiger partial charge in [0.15, 0.2) is 0 Å². The van der Waals surface area contributed by atoms with Crippen LogP contribution in [-0.4, -0.2) is 23.0 Å². The summed E-state index contributed by atoms with van der Waals surface area (Å²) in [6.07, 6.45) is 3.18. The van der Waals surface area contributed by atoms with E-state index in [1.165, 1.54) is 6.07 Å². The summed E-state index contributed by atoms with van der Waals surface area (Å²) < 4.78 is 0. The number of anilines is 1. The van der Waals surface area contributed by atoms with Crippen molar-refractivity contribution < 1.29 is 4.92 Å². The number of non-ortho nitro benzene ring substituents is 1. The Kier molecular flexibility index (Phi) is 5.28. The van der Waals surface area contributed by atoms with E-state index in [1.54, 1.807) is 12.1 Å². The summed E-state index contributed by atoms with van der Waals surface area (Å²) >= 11 is 1.84. The second-order valence-corrected chi connectivity index (χ2v) is 5.29. The van der Waals surface area contributed by atoms with E-state index < -0.39 is 0 Å². The molecule has 1 unspecified atom stereocenters. The lowest BCUT2D eigenvalue weighted by Gasteiger charge is -2.11. The van der Waals surface area contributed by atoms with Gasteiger partial charge < -0.3 is 5.32 Å². The second kappa shape index (κ2) is 6.49. The van der Waals surface area contributed by atoms with Crippen LogP contribution in [0.15, 0.2) is 18.2 Å². The number of nitrogens with one attached hydrogen (secondary N) is 1. The topological polar surface area (TPSA) is 55.2 Å². The van der Waals surface area contributed by atoms with E-state index in [0.717, 1.165) is 24.2 Å². The highest BCUT2D eigenvalue weighted by molar-refractivity contribution is 7.99. The van der Waals surface area contributed by atoms with Crippen molar-refractivity contribution in [2.24, 2.45) is 0 Å². The molecule has 0 aliphatic heterocycles. The Morgan fingerprint density at radius 2 is 2.24 bits per heavy atom. The predicted molar refractivity (Wildman–Crippen MR) is 73.9 cm³/mol. The van der Waals surface area contributed by atoms with Gasteiger partial charge in [0.05, 0.1) is 4.92 Å². The van der Waals surface area contributed by atoms with E-state index in [-0.39, 0.29) is 10.6 Å². The lowest BCUT2D eigenvalue weighted by molar-refractivity contribution is -0.384. The fourth-order valence-electron chi connectivity index (χ4n) is 1.49. The van der Waals surface area contributed by atoms with E-state index in [9.17, 15) is 10.1 Å². The van der Waals surface area contributed by atoms with Gasteiger partial charge >= 0.3 is 0 Å². The van der Waals surface area contributed by atoms with Gasteiger partial charge in [0.1, 0.15) is 0 Å². The summed E-state index contributed by atoms with van der Waals surface area (Å²) in [6.45, 7) is 4.96. The minimum atomic E-state index is -0.368. The molecule has 0 aliphatic carbocycles. The number of aryl methyl sites for hydroxylation is 1. The van der Waals surface area contributed by atoms with Gasteiger partial charge in [-0.05, 0) is 31.2 Å². The third-order valence-electron chi connectivity index (χ3n) is 2.69. The van der Waals surface area contributed by atoms with Gasteiger partial charge in [0.2, 0.25) is 0 Å². The molecule has 0 fully saturated rings. The molecule has 0 spiro atoms. The first-order valence-electron chi connectivity index (χ1n) is 5.56. The lowest BCUT2D eigenvalue weighted by atomic mass is 10.1. The zero-order chi connectivity index (χ0) is 12.8. The van der Waals surface area contributed by atoms with Crippen LogP contribution in [0.25, 0.3) is 0 Å². The molecule has 94 valence electrons. The highest BCUT2D eigenvalue weighted by Gasteiger charge is 2.07. The van der Waals surface area contributed by atoms with Crippen molar-refractivity contribution in [3.05, 3.63) is 33.9 Å². The maximum Gasteiger partial charge on any atom is 0.269 e. The third-order valence-corrected chi connectivity index (χ3v) is 3.73. The quantitative estimate of drug-likeness (QED) is 0.624. The summed E-state index contributed by atoms with van der Waals surface area (Å²) in [4.78, 5) is 10.2. The average molecular weight is 254 g/mol. The molecule has 1 aromatic rings. The summed E-state index contributed by atoms with van der Waals surface area (Å²) in [5.74, 6) is 0. The van der Waals surface area contributed by atoms with Crippen LogP contribution in [0.1, 0.15) is 18.9 Å². The number of nitro benzene ring substituents is 1. The van der Waals surface area contributed by atoms with Crippen LogP contribution in [0.2, 0.25) is 0 Å². The van der Waals surface area contributed by atoms with Crippen LogP contribution in [0.5, 0.6) is 0 Å². The normalized spacial score (nSPS) is 12.2. The Bertz CT molecular complexity index is 396. The molecule has 0 saturated carbocycles. The first kappa shape index (κ1) is 13.8. The number of hydrogen-bond donors (Lipinski definition) is 1. The summed E-state index contributed by atoms with van der Waals surface area (Å²) in [5.41, 5.74) is 2.03. The van der Waals surface area contributed by atoms with E-state index in [1.807, 2.05) is 18.7 Å². The molecule has 0 amide bonds. The van der Waals surface area contributed by atoms with Crippen LogP contribution >= 0.6 is 11.8 Å². The number of nitrogens with zero attached hydrogens (tertiary/aromatic N) is 1. The smallest absolute Gasteiger partial charge is 0.269 e. The molecule has 1 N–H and O–H groups in total. The molecule has 0 bridgehead atoms. The molecule has 4 nitrogen and oxygen atoms in total. The molecular weight excluding hydrogens is 236 g/mol. The van der Waals surface area contributed by atoms with Crippen LogP contribution in [0, 0.1) is 17.0 Å². The number of rotatable bonds is 6. The van der Waals surface area contributed by atoms with E-state index in [0.29, 0.717) is 5.25 Å². The molecule has 0 aliphatic rings. The van der Waals surface area contributed by atoms with Crippen LogP contribution in [-0.2, 0) is 0 Å². The van der Waals surface area contributed by atoms with Gasteiger partial charge in [-0.3, -0.25) is 10.1 Å². The summed E-state index contributed by atoms with van der Waals surface area (Å²) in [7, 11) is 0. The van der Waals surface area contributed by atoms with Crippen LogP contribution < -0.4 is 5.32 Å². The number of thioether (sulfide) groups is 1. The van der Waals surface area contributed by atoms with Crippen molar-refractivity contribution in [2.45, 2.75) is 25.5 Å². The van der Waals surface area contributed by atoms with Gasteiger partial charge in [0.25, 0.3) is 5.69 Å². The Labute approximate surface area is 106 Å². The van der Waals surface area contributed by atoms with Gasteiger partial charge in [-0.1, -0.05) is 6.92 Å². The number of nitro groups is 1. The molecular formula is C12H18N2O2S. The first-order valence-corrected chi connectivity index (χ1v) is 6.85. The molecule has 0 heterocycles. The Balaban J connectivity index is 2.57. The predicted octanol–water partition coefficient (Wildman–Crippen LogP) is 3.46. The van der Waals surface area contributed by atoms with Crippen molar-refractivity contribution in [3.8, 4) is 0 Å². The monoisotopic (exact) mass is 254 g/mol. The Hall–Kier alpha value is -1.23. The fraction of sp³-hybridized carbons (Fsp3) is 0.500. The highest BCUT2D eigenvalue weighted by Crippen LogP contribution is 2.21. The average Bonchev–Trinajstić information content (AvgIpc) is 2.30. The minimum Gasteiger partial charge on any atom is -0.385 e. The standard InChI is InChI=1S/C12H18N2O2S/c1-9-8-11(14(15)16)4-5-12(9)13-7-6-10(2)17-3/h4-5,8,10,13H,6-7H2,1-3H3. The summed E-state index contributed by atoms with van der Waals surface area (Å²) in [6, 6.07) is 4.91. The number of benzene rings is 1. The van der Waals surface area contributed by atoms with Crippen LogP contribution in [0.4, 0.5) is 11.4 Å². The van der Waals surface area contributed by atoms with Gasteiger partial charge in [-0.2, -0.15) is 11.8 Å². The zero-order valence-corrected chi connectivity index (χ0v) is 11.2. The van der Waals surface area contributed by atoms with E-state index in [4.69, 9.17) is 0 Å². The Morgan fingerprint density at radius 3 is 2.76 bits per heavy atom. The third kappa shape index (κ3) is 4.26. The van der Waals surface area contributed by atoms with Gasteiger partial charge in [-0.15, -0.1) is 0 Å². The number of hydrogen-bond acceptors (Lipinski definition) is 4. The minimum absolute atomic E-state index is 0.144. The largest absolute Gasteiger partial charge is 0.385 e. The molecule has 5 heteroatoms. The maximum absolute atomic E-state index is 10.6. The van der Waals surface area contributed by atoms with Crippen molar-refractivity contribution >= 4 is 23.1 Å². The first-order chi connectivity index (χ1) is 8.04. The van der Waals surface area contributed by atoms with Crippen molar-refractivity contribution in [3.63, 3.8) is 0 Å². The molecule has 1 aromatic carbocycles. The molecule has 0 radical (unpaired) electrons. The molecule has 0 saturated heterocycles. The maximum atomic E-state index is 10.6. The Morgan fingerprint density at radius 1 is 1.53 bits per heavy atom. The molecule has 1 rings (SSSR count). The van der Waals surface area contributed by atoms with E-state index in [2.05, 4.69) is 18.5 Å². The zero-order valence-electron chi connectivity index (χ0n) is 10.4. The van der Waals surface area contributed by atoms with Crippen molar-refractivity contribution in [2.75, 3.05) is 18.1 Å². The highest BCUT2D eigenvalue weighted by atomic mass is 32.2. The lowest BCUT2D eigenvalue weighted by Crippen LogP contribution is -2.08. The summed E-state index contributed by atoms with van der Waals surface area (Å²) in [5, 5.41) is 14.5. The van der Waals surface area contributed by atoms with Crippen molar-refractivity contribution in [1.82, 2.24) is 0 Å². The SMILES string of the molecule is CSC(C)CCNc1ccc([N+](=O)[O-])cc1C. The fourth-order valence-corrected chi connectivity index (χ4v) is 1.84. The molecule has 0 aromatic heterocycles. The van der Waals surface area contributed by atoms with Crippen molar-refractivity contribution in [1.29, 1.82) is 0 Å². The second-order valence-electron chi connectivity index (χ2n) is 4.02. The van der Waals surface area contributed by atoms with Gasteiger partial charge in [-0.25, -0.2) is 0 Å². The molecule has 17 heavy (non-hydrogen) atoms.